The van der Waals surface area contributed by atoms with Crippen LogP contribution in [-0.4, -0.2) is 102 Å². The van der Waals surface area contributed by atoms with Crippen LogP contribution in [0.25, 0.3) is 0 Å². The van der Waals surface area contributed by atoms with E-state index >= 15 is 0 Å². The summed E-state index contributed by atoms with van der Waals surface area (Å²) in [5, 5.41) is 11.0. The molecule has 0 radical (unpaired) electrons. The van der Waals surface area contributed by atoms with Gasteiger partial charge in [-0.15, -0.1) is 0 Å². The normalized spacial score (nSPS) is 25.4. The van der Waals surface area contributed by atoms with Crippen LogP contribution in [0.5, 0.6) is 0 Å². The number of fused-ring (bicyclic) bond motifs is 1. The Morgan fingerprint density at radius 2 is 1.86 bits per heavy atom. The lowest BCUT2D eigenvalue weighted by Gasteiger charge is -2.38. The molecule has 194 valence electrons. The molecule has 0 spiro atoms. The summed E-state index contributed by atoms with van der Waals surface area (Å²) in [6.45, 7) is 7.59. The Hall–Kier alpha value is -2.26. The summed E-state index contributed by atoms with van der Waals surface area (Å²) >= 11 is 6.16. The highest BCUT2D eigenvalue weighted by Crippen LogP contribution is 2.42. The summed E-state index contributed by atoms with van der Waals surface area (Å²) in [4.78, 5) is 31.8. The number of carbonyl (C=O) groups is 1. The van der Waals surface area contributed by atoms with E-state index in [0.29, 0.717) is 30.6 Å². The van der Waals surface area contributed by atoms with Crippen LogP contribution >= 0.6 is 11.6 Å². The highest BCUT2D eigenvalue weighted by Gasteiger charge is 2.36. The van der Waals surface area contributed by atoms with Crippen molar-refractivity contribution in [2.24, 2.45) is 0 Å². The molecule has 2 fully saturated rings. The van der Waals surface area contributed by atoms with E-state index in [4.69, 9.17) is 11.6 Å². The molecule has 5 rings (SSSR count). The van der Waals surface area contributed by atoms with Gasteiger partial charge in [0.05, 0.1) is 17.7 Å². The molecule has 3 aliphatic rings. The van der Waals surface area contributed by atoms with Gasteiger partial charge in [-0.3, -0.25) is 4.79 Å². The number of hydrogen-bond donors (Lipinski definition) is 1. The number of benzene rings is 1. The zero-order valence-electron chi connectivity index (χ0n) is 21.5. The predicted octanol–water partition coefficient (Wildman–Crippen LogP) is 2.74. The second-order valence-corrected chi connectivity index (χ2v) is 11.2. The third-order valence-corrected chi connectivity index (χ3v) is 8.41. The lowest BCUT2D eigenvalue weighted by Crippen LogP contribution is -2.51. The second-order valence-electron chi connectivity index (χ2n) is 10.7. The van der Waals surface area contributed by atoms with Gasteiger partial charge < -0.3 is 24.7 Å². The average molecular weight is 513 g/mol. The van der Waals surface area contributed by atoms with E-state index in [2.05, 4.69) is 45.7 Å². The molecule has 36 heavy (non-hydrogen) atoms. The van der Waals surface area contributed by atoms with Gasteiger partial charge in [-0.05, 0) is 57.1 Å². The number of nitrogens with zero attached hydrogens (tertiary/aromatic N) is 6. The largest absolute Gasteiger partial charge is 0.387 e. The Morgan fingerprint density at radius 1 is 1.14 bits per heavy atom. The number of likely N-dealkylation sites (tertiary alicyclic amines) is 1. The zero-order valence-corrected chi connectivity index (χ0v) is 22.2. The van der Waals surface area contributed by atoms with Gasteiger partial charge in [0.1, 0.15) is 12.1 Å². The lowest BCUT2D eigenvalue weighted by atomic mass is 9.96. The Bertz CT molecular complexity index is 1070. The number of aromatic nitrogens is 2. The molecule has 9 heteroatoms. The van der Waals surface area contributed by atoms with Crippen molar-refractivity contribution < 1.29 is 9.90 Å². The second kappa shape index (κ2) is 10.6. The molecule has 0 bridgehead atoms. The van der Waals surface area contributed by atoms with Crippen molar-refractivity contribution in [3.8, 4) is 0 Å². The molecule has 3 heterocycles. The number of piperazine rings is 1. The van der Waals surface area contributed by atoms with E-state index in [9.17, 15) is 9.90 Å². The fraction of sp³-hybridized carbons (Fsp3) is 0.593. The van der Waals surface area contributed by atoms with E-state index in [1.165, 1.54) is 0 Å². The van der Waals surface area contributed by atoms with E-state index in [1.807, 2.05) is 29.2 Å². The Labute approximate surface area is 218 Å². The van der Waals surface area contributed by atoms with Gasteiger partial charge in [0.25, 0.3) is 0 Å². The van der Waals surface area contributed by atoms with E-state index < -0.39 is 6.10 Å². The Balaban J connectivity index is 1.29. The van der Waals surface area contributed by atoms with Crippen LogP contribution in [0.4, 0.5) is 5.82 Å². The van der Waals surface area contributed by atoms with Crippen molar-refractivity contribution >= 4 is 23.3 Å². The van der Waals surface area contributed by atoms with Crippen molar-refractivity contribution in [1.29, 1.82) is 0 Å². The van der Waals surface area contributed by atoms with Gasteiger partial charge in [0.15, 0.2) is 0 Å². The summed E-state index contributed by atoms with van der Waals surface area (Å²) in [7, 11) is 4.26. The van der Waals surface area contributed by atoms with Gasteiger partial charge >= 0.3 is 0 Å². The number of halogens is 1. The number of anilines is 1. The molecule has 2 saturated heterocycles. The topological polar surface area (TPSA) is 76.0 Å². The van der Waals surface area contributed by atoms with Gasteiger partial charge in [-0.25, -0.2) is 9.97 Å². The van der Waals surface area contributed by atoms with Crippen LogP contribution in [0.1, 0.15) is 54.5 Å². The first-order chi connectivity index (χ1) is 17.3. The molecule has 1 amide bonds. The van der Waals surface area contributed by atoms with Crippen LogP contribution in [0.15, 0.2) is 30.6 Å². The SMILES string of the molecule is C[C@@H]1C[C@@H](O)c2ncnc(N3CCN(C(=O)[C@H](CN4CC[C@H](N(C)C)C4)c4ccc(Cl)cc4)CC3)c21. The number of rotatable bonds is 6. The van der Waals surface area contributed by atoms with Gasteiger partial charge in [-0.2, -0.15) is 0 Å². The first kappa shape index (κ1) is 25.4. The van der Waals surface area contributed by atoms with Gasteiger partial charge in [0.2, 0.25) is 5.91 Å². The number of hydrogen-bond acceptors (Lipinski definition) is 7. The van der Waals surface area contributed by atoms with Crippen molar-refractivity contribution in [1.82, 2.24) is 24.7 Å². The molecule has 0 unspecified atom stereocenters. The standard InChI is InChI=1S/C27H37ClN6O2/c1-18-14-23(35)25-24(18)26(30-17-29-25)33-10-12-34(13-11-33)27(36)22(19-4-6-20(28)7-5-19)16-32-9-8-21(15-32)31(2)3/h4-7,17-18,21-23,35H,8-16H2,1-3H3/t18-,21+,22-,23-/m1/s1. The van der Waals surface area contributed by atoms with Crippen LogP contribution in [0, 0.1) is 0 Å². The van der Waals surface area contributed by atoms with Crippen molar-refractivity contribution in [2.45, 2.75) is 43.7 Å². The van der Waals surface area contributed by atoms with E-state index in [1.54, 1.807) is 6.33 Å². The lowest BCUT2D eigenvalue weighted by molar-refractivity contribution is -0.133. The molecule has 0 saturated carbocycles. The smallest absolute Gasteiger partial charge is 0.231 e. The third-order valence-electron chi connectivity index (χ3n) is 8.16. The summed E-state index contributed by atoms with van der Waals surface area (Å²) in [5.74, 6) is 1.11. The number of aliphatic hydroxyl groups excluding tert-OH is 1. The minimum atomic E-state index is -0.516. The van der Waals surface area contributed by atoms with Gasteiger partial charge in [0, 0.05) is 55.9 Å². The predicted molar refractivity (Wildman–Crippen MR) is 142 cm³/mol. The Morgan fingerprint density at radius 3 is 2.53 bits per heavy atom. The Kier molecular flexibility index (Phi) is 7.49. The van der Waals surface area contributed by atoms with E-state index in [-0.39, 0.29) is 17.7 Å². The highest BCUT2D eigenvalue weighted by molar-refractivity contribution is 6.30. The zero-order chi connectivity index (χ0) is 25.4. The van der Waals surface area contributed by atoms with E-state index in [0.717, 1.165) is 61.8 Å². The summed E-state index contributed by atoms with van der Waals surface area (Å²) in [5.41, 5.74) is 2.85. The fourth-order valence-electron chi connectivity index (χ4n) is 5.99. The maximum Gasteiger partial charge on any atom is 0.231 e. The summed E-state index contributed by atoms with van der Waals surface area (Å²) < 4.78 is 0. The maximum atomic E-state index is 13.9. The van der Waals surface area contributed by atoms with Crippen LogP contribution in [0.2, 0.25) is 5.02 Å². The summed E-state index contributed by atoms with van der Waals surface area (Å²) in [6.07, 6.45) is 2.86. The number of aliphatic hydroxyl groups is 1. The van der Waals surface area contributed by atoms with Crippen molar-refractivity contribution in [3.63, 3.8) is 0 Å². The highest BCUT2D eigenvalue weighted by atomic mass is 35.5. The molecule has 1 N–H and O–H groups in total. The van der Waals surface area contributed by atoms with Crippen LogP contribution < -0.4 is 4.90 Å². The van der Waals surface area contributed by atoms with Crippen molar-refractivity contribution in [2.75, 3.05) is 64.8 Å². The number of amides is 1. The minimum Gasteiger partial charge on any atom is -0.387 e. The molecular formula is C27H37ClN6O2. The molecule has 8 nitrogen and oxygen atoms in total. The summed E-state index contributed by atoms with van der Waals surface area (Å²) in [6, 6.07) is 8.29. The molecule has 2 aliphatic heterocycles. The molecule has 4 atom stereocenters. The molecular weight excluding hydrogens is 476 g/mol. The molecule has 1 aliphatic carbocycles. The third kappa shape index (κ3) is 5.09. The molecule has 2 aromatic rings. The monoisotopic (exact) mass is 512 g/mol. The first-order valence-corrected chi connectivity index (χ1v) is 13.4. The number of likely N-dealkylation sites (N-methyl/N-ethyl adjacent to an activating group) is 1. The molecule has 1 aromatic carbocycles. The quantitative estimate of drug-likeness (QED) is 0.637. The van der Waals surface area contributed by atoms with Gasteiger partial charge in [-0.1, -0.05) is 30.7 Å². The van der Waals surface area contributed by atoms with Crippen LogP contribution in [-0.2, 0) is 4.79 Å². The van der Waals surface area contributed by atoms with Crippen molar-refractivity contribution in [3.05, 3.63) is 52.4 Å². The maximum absolute atomic E-state index is 13.9. The first-order valence-electron chi connectivity index (χ1n) is 13.0. The molecule has 1 aromatic heterocycles. The van der Waals surface area contributed by atoms with Crippen LogP contribution in [0.3, 0.4) is 0 Å². The fourth-order valence-corrected chi connectivity index (χ4v) is 6.12. The number of carbonyl (C=O) groups excluding carboxylic acids is 1. The average Bonchev–Trinajstić information content (AvgIpc) is 3.47. The minimum absolute atomic E-state index is 0.182.